The maximum absolute atomic E-state index is 12.9. The van der Waals surface area contributed by atoms with Crippen molar-refractivity contribution in [2.75, 3.05) is 25.5 Å². The summed E-state index contributed by atoms with van der Waals surface area (Å²) in [5, 5.41) is 4.04. The van der Waals surface area contributed by atoms with E-state index in [1.54, 1.807) is 29.6 Å². The summed E-state index contributed by atoms with van der Waals surface area (Å²) in [6.07, 6.45) is 2.94. The predicted molar refractivity (Wildman–Crippen MR) is 111 cm³/mol. The van der Waals surface area contributed by atoms with Crippen LogP contribution in [0.4, 0.5) is 11.5 Å². The summed E-state index contributed by atoms with van der Waals surface area (Å²) in [5.74, 6) is 1.40. The molecule has 1 N–H and O–H groups in total. The van der Waals surface area contributed by atoms with Crippen molar-refractivity contribution in [1.29, 1.82) is 0 Å². The average Bonchev–Trinajstić information content (AvgIpc) is 2.74. The van der Waals surface area contributed by atoms with Gasteiger partial charge in [-0.3, -0.25) is 0 Å². The quantitative estimate of drug-likeness (QED) is 0.700. The minimum Gasteiger partial charge on any atom is -0.495 e. The lowest BCUT2D eigenvalue weighted by atomic mass is 10.2. The molecular formula is C21H23N3O3S. The largest absolute Gasteiger partial charge is 0.495 e. The number of para-hydroxylation sites is 2. The Labute approximate surface area is 165 Å². The molecule has 0 unspecified atom stereocenters. The van der Waals surface area contributed by atoms with Gasteiger partial charge >= 0.3 is 0 Å². The molecule has 0 spiro atoms. The molecule has 1 aliphatic heterocycles. The highest BCUT2D eigenvalue weighted by molar-refractivity contribution is 7.89. The number of piperidine rings is 1. The highest BCUT2D eigenvalue weighted by Gasteiger charge is 2.26. The smallest absolute Gasteiger partial charge is 0.243 e. The molecule has 2 aromatic carbocycles. The molecule has 2 heterocycles. The van der Waals surface area contributed by atoms with Crippen molar-refractivity contribution in [2.24, 2.45) is 0 Å². The van der Waals surface area contributed by atoms with Crippen LogP contribution in [0.5, 0.6) is 5.75 Å². The third-order valence-electron chi connectivity index (χ3n) is 4.98. The monoisotopic (exact) mass is 397 g/mol. The molecule has 0 saturated carbocycles. The summed E-state index contributed by atoms with van der Waals surface area (Å²) in [7, 11) is -1.82. The molecule has 6 nitrogen and oxygen atoms in total. The highest BCUT2D eigenvalue weighted by Crippen LogP contribution is 2.28. The van der Waals surface area contributed by atoms with Gasteiger partial charge in [0.05, 0.1) is 23.2 Å². The highest BCUT2D eigenvalue weighted by atomic mass is 32.2. The van der Waals surface area contributed by atoms with Crippen molar-refractivity contribution in [3.05, 3.63) is 54.6 Å². The van der Waals surface area contributed by atoms with E-state index >= 15 is 0 Å². The molecule has 1 aliphatic rings. The van der Waals surface area contributed by atoms with Gasteiger partial charge in [0.1, 0.15) is 11.6 Å². The Bertz CT molecular complexity index is 1090. The van der Waals surface area contributed by atoms with E-state index < -0.39 is 10.0 Å². The Morgan fingerprint density at radius 1 is 1.00 bits per heavy atom. The van der Waals surface area contributed by atoms with Gasteiger partial charge in [-0.1, -0.05) is 18.6 Å². The van der Waals surface area contributed by atoms with Crippen molar-refractivity contribution < 1.29 is 13.2 Å². The summed E-state index contributed by atoms with van der Waals surface area (Å²) in [6.45, 7) is 1.20. The first-order valence-corrected chi connectivity index (χ1v) is 10.8. The molecule has 1 saturated heterocycles. The van der Waals surface area contributed by atoms with Crippen molar-refractivity contribution >= 4 is 32.4 Å². The van der Waals surface area contributed by atoms with Gasteiger partial charge in [-0.15, -0.1) is 0 Å². The molecule has 0 atom stereocenters. The second-order valence-corrected chi connectivity index (χ2v) is 8.78. The lowest BCUT2D eigenvalue weighted by Crippen LogP contribution is -2.35. The van der Waals surface area contributed by atoms with Crippen LogP contribution in [0.15, 0.2) is 59.5 Å². The number of methoxy groups -OCH3 is 1. The number of ether oxygens (including phenoxy) is 1. The molecule has 7 heteroatoms. The lowest BCUT2D eigenvalue weighted by Gasteiger charge is -2.25. The van der Waals surface area contributed by atoms with Gasteiger partial charge in [0, 0.05) is 18.5 Å². The van der Waals surface area contributed by atoms with Gasteiger partial charge in [-0.2, -0.15) is 4.31 Å². The zero-order valence-corrected chi connectivity index (χ0v) is 16.6. The maximum atomic E-state index is 12.9. The van der Waals surface area contributed by atoms with Gasteiger partial charge in [-0.05, 0) is 55.3 Å². The number of sulfonamides is 1. The van der Waals surface area contributed by atoms with Gasteiger partial charge in [0.2, 0.25) is 10.0 Å². The third-order valence-corrected chi connectivity index (χ3v) is 6.88. The number of hydrogen-bond donors (Lipinski definition) is 1. The maximum Gasteiger partial charge on any atom is 0.243 e. The average molecular weight is 398 g/mol. The SMILES string of the molecule is COc1ccccc1Nc1ccc2cc(S(=O)(=O)N3CCCCC3)ccc2n1. The van der Waals surface area contributed by atoms with E-state index in [1.807, 2.05) is 36.4 Å². The van der Waals surface area contributed by atoms with Gasteiger partial charge in [0.25, 0.3) is 0 Å². The van der Waals surface area contributed by atoms with Crippen molar-refractivity contribution in [3.63, 3.8) is 0 Å². The van der Waals surface area contributed by atoms with E-state index in [9.17, 15) is 8.42 Å². The fraction of sp³-hybridized carbons (Fsp3) is 0.286. The second kappa shape index (κ2) is 7.77. The zero-order chi connectivity index (χ0) is 19.6. The van der Waals surface area contributed by atoms with Crippen LogP contribution in [0, 0.1) is 0 Å². The number of fused-ring (bicyclic) bond motifs is 1. The van der Waals surface area contributed by atoms with E-state index in [4.69, 9.17) is 4.74 Å². The summed E-state index contributed by atoms with van der Waals surface area (Å²) in [5.41, 5.74) is 1.55. The summed E-state index contributed by atoms with van der Waals surface area (Å²) in [6, 6.07) is 16.5. The zero-order valence-electron chi connectivity index (χ0n) is 15.8. The van der Waals surface area contributed by atoms with Gasteiger partial charge in [0.15, 0.2) is 0 Å². The summed E-state index contributed by atoms with van der Waals surface area (Å²) < 4.78 is 32.7. The van der Waals surface area contributed by atoms with Crippen LogP contribution >= 0.6 is 0 Å². The van der Waals surface area contributed by atoms with Crippen LogP contribution < -0.4 is 10.1 Å². The Morgan fingerprint density at radius 3 is 2.57 bits per heavy atom. The summed E-state index contributed by atoms with van der Waals surface area (Å²) >= 11 is 0. The minimum absolute atomic E-state index is 0.328. The van der Waals surface area contributed by atoms with Crippen LogP contribution in [-0.4, -0.2) is 37.9 Å². The van der Waals surface area contributed by atoms with Crippen LogP contribution in [0.25, 0.3) is 10.9 Å². The predicted octanol–water partition coefficient (Wildman–Crippen LogP) is 4.16. The molecule has 4 rings (SSSR count). The van der Waals surface area contributed by atoms with E-state index in [2.05, 4.69) is 10.3 Å². The molecule has 0 bridgehead atoms. The number of hydrogen-bond acceptors (Lipinski definition) is 5. The van der Waals surface area contributed by atoms with E-state index in [0.717, 1.165) is 41.6 Å². The van der Waals surface area contributed by atoms with Crippen LogP contribution in [-0.2, 0) is 10.0 Å². The lowest BCUT2D eigenvalue weighted by molar-refractivity contribution is 0.346. The topological polar surface area (TPSA) is 71.5 Å². The standard InChI is InChI=1S/C21H23N3O3S/c1-27-20-8-4-3-7-19(20)23-21-12-9-16-15-17(10-11-18(16)22-21)28(25,26)24-13-5-2-6-14-24/h3-4,7-12,15H,2,5-6,13-14H2,1H3,(H,22,23). The molecule has 1 fully saturated rings. The number of rotatable bonds is 5. The Balaban J connectivity index is 1.62. The van der Waals surface area contributed by atoms with Crippen LogP contribution in [0.3, 0.4) is 0 Å². The van der Waals surface area contributed by atoms with Crippen molar-refractivity contribution in [2.45, 2.75) is 24.2 Å². The number of nitrogens with zero attached hydrogens (tertiary/aromatic N) is 2. The Hall–Kier alpha value is -2.64. The Morgan fingerprint density at radius 2 is 1.79 bits per heavy atom. The van der Waals surface area contributed by atoms with E-state index in [0.29, 0.717) is 23.8 Å². The Kier molecular flexibility index (Phi) is 5.19. The van der Waals surface area contributed by atoms with Crippen LogP contribution in [0.2, 0.25) is 0 Å². The third kappa shape index (κ3) is 3.68. The fourth-order valence-electron chi connectivity index (χ4n) is 3.47. The normalized spacial score (nSPS) is 15.5. The molecule has 146 valence electrons. The number of aromatic nitrogens is 1. The minimum atomic E-state index is -3.45. The number of anilines is 2. The number of nitrogens with one attached hydrogen (secondary N) is 1. The first-order valence-electron chi connectivity index (χ1n) is 9.39. The van der Waals surface area contributed by atoms with Crippen LogP contribution in [0.1, 0.15) is 19.3 Å². The number of pyridine rings is 1. The first-order chi connectivity index (χ1) is 13.6. The molecule has 28 heavy (non-hydrogen) atoms. The summed E-state index contributed by atoms with van der Waals surface area (Å²) in [4.78, 5) is 4.93. The molecule has 1 aromatic heterocycles. The van der Waals surface area contributed by atoms with E-state index in [1.165, 1.54) is 0 Å². The molecule has 0 aliphatic carbocycles. The number of benzene rings is 2. The first kappa shape index (κ1) is 18.7. The van der Waals surface area contributed by atoms with Gasteiger partial charge in [-0.25, -0.2) is 13.4 Å². The van der Waals surface area contributed by atoms with Crippen molar-refractivity contribution in [1.82, 2.24) is 9.29 Å². The fourth-order valence-corrected chi connectivity index (χ4v) is 5.03. The molecular weight excluding hydrogens is 374 g/mol. The molecule has 0 amide bonds. The van der Waals surface area contributed by atoms with E-state index in [-0.39, 0.29) is 0 Å². The molecule has 0 radical (unpaired) electrons. The van der Waals surface area contributed by atoms with Crippen molar-refractivity contribution in [3.8, 4) is 5.75 Å². The molecule has 3 aromatic rings. The second-order valence-electron chi connectivity index (χ2n) is 6.84. The van der Waals surface area contributed by atoms with Gasteiger partial charge < -0.3 is 10.1 Å².